The van der Waals surface area contributed by atoms with E-state index in [0.717, 1.165) is 32.1 Å². The second kappa shape index (κ2) is 6.92. The Balaban J connectivity index is 1.48. The number of ketones is 1. The molecule has 6 heteroatoms. The highest BCUT2D eigenvalue weighted by Gasteiger charge is 2.42. The van der Waals surface area contributed by atoms with Crippen molar-refractivity contribution in [2.75, 3.05) is 6.61 Å². The lowest BCUT2D eigenvalue weighted by atomic mass is 9.67. The van der Waals surface area contributed by atoms with Gasteiger partial charge in [0.25, 0.3) is 5.91 Å². The van der Waals surface area contributed by atoms with E-state index in [1.165, 1.54) is 0 Å². The lowest BCUT2D eigenvalue weighted by Gasteiger charge is -2.36. The molecule has 0 spiro atoms. The number of nitriles is 1. The van der Waals surface area contributed by atoms with Gasteiger partial charge in [0.15, 0.2) is 6.61 Å². The first-order valence-corrected chi connectivity index (χ1v) is 8.95. The van der Waals surface area contributed by atoms with Crippen molar-refractivity contribution in [2.24, 2.45) is 17.8 Å². The molecule has 6 nitrogen and oxygen atoms in total. The molecule has 0 aromatic carbocycles. The van der Waals surface area contributed by atoms with E-state index in [-0.39, 0.29) is 30.3 Å². The smallest absolute Gasteiger partial charge is 0.309 e. The van der Waals surface area contributed by atoms with E-state index in [9.17, 15) is 19.6 Å². The number of Topliss-reactive ketones (excluding diaryl/α,β-unsaturated/α-hetero) is 1. The number of rotatable bonds is 4. The minimum Gasteiger partial charge on any atom is -0.455 e. The molecular weight excluding hydrogens is 308 g/mol. The van der Waals surface area contributed by atoms with Crippen LogP contribution in [0.25, 0.3) is 0 Å². The lowest BCUT2D eigenvalue weighted by molar-refractivity contribution is -0.157. The van der Waals surface area contributed by atoms with E-state index in [1.807, 2.05) is 0 Å². The lowest BCUT2D eigenvalue weighted by Crippen LogP contribution is -2.47. The molecule has 3 atom stereocenters. The zero-order valence-electron chi connectivity index (χ0n) is 13.9. The number of nitrogens with zero attached hydrogens (tertiary/aromatic N) is 1. The Labute approximate surface area is 141 Å². The fourth-order valence-electron chi connectivity index (χ4n) is 4.47. The van der Waals surface area contributed by atoms with Gasteiger partial charge < -0.3 is 10.1 Å². The number of nitrogens with one attached hydrogen (secondary N) is 1. The van der Waals surface area contributed by atoms with E-state index >= 15 is 0 Å². The van der Waals surface area contributed by atoms with Crippen molar-refractivity contribution >= 4 is 17.7 Å². The molecule has 1 N–H and O–H groups in total. The molecule has 24 heavy (non-hydrogen) atoms. The number of carbonyl (C=O) groups excluding carboxylic acids is 3. The Kier molecular flexibility index (Phi) is 4.88. The van der Waals surface area contributed by atoms with Crippen LogP contribution >= 0.6 is 0 Å². The predicted molar refractivity (Wildman–Crippen MR) is 84.5 cm³/mol. The van der Waals surface area contributed by atoms with Crippen LogP contribution < -0.4 is 5.32 Å². The summed E-state index contributed by atoms with van der Waals surface area (Å²) in [6, 6.07) is 2.18. The average Bonchev–Trinajstić information content (AvgIpc) is 3.01. The molecule has 0 saturated heterocycles. The summed E-state index contributed by atoms with van der Waals surface area (Å²) >= 11 is 0. The van der Waals surface area contributed by atoms with Gasteiger partial charge in [0, 0.05) is 11.8 Å². The van der Waals surface area contributed by atoms with Crippen molar-refractivity contribution in [1.29, 1.82) is 5.26 Å². The fraction of sp³-hybridized carbons (Fsp3) is 0.778. The predicted octanol–water partition coefficient (Wildman–Crippen LogP) is 1.88. The Hall–Kier alpha value is -1.90. The molecule has 0 aliphatic heterocycles. The van der Waals surface area contributed by atoms with E-state index in [1.54, 1.807) is 0 Å². The third-order valence-electron chi connectivity index (χ3n) is 5.78. The third kappa shape index (κ3) is 3.45. The molecular formula is C18H24N2O4. The van der Waals surface area contributed by atoms with Crippen LogP contribution in [0.1, 0.15) is 57.8 Å². The highest BCUT2D eigenvalue weighted by molar-refractivity contribution is 5.88. The van der Waals surface area contributed by atoms with Crippen molar-refractivity contribution < 1.29 is 19.1 Å². The molecule has 1 unspecified atom stereocenters. The van der Waals surface area contributed by atoms with Gasteiger partial charge in [-0.25, -0.2) is 0 Å². The Bertz CT molecular complexity index is 558. The second-order valence-electron chi connectivity index (χ2n) is 7.45. The largest absolute Gasteiger partial charge is 0.455 e. The molecule has 3 fully saturated rings. The highest BCUT2D eigenvalue weighted by atomic mass is 16.5. The second-order valence-corrected chi connectivity index (χ2v) is 7.45. The van der Waals surface area contributed by atoms with Gasteiger partial charge in [0.05, 0.1) is 12.0 Å². The van der Waals surface area contributed by atoms with Crippen molar-refractivity contribution in [1.82, 2.24) is 5.32 Å². The normalized spacial score (nSPS) is 31.1. The molecule has 0 heterocycles. The zero-order chi connectivity index (χ0) is 17.2. The van der Waals surface area contributed by atoms with Crippen molar-refractivity contribution in [3.8, 4) is 6.07 Å². The standard InChI is InChI=1S/C18H24N2O4/c19-11-18(6-1-2-7-18)20-15(21)10-24-17(23)14-8-12-4-3-5-13(9-14)16(12)22/h12-14H,1-10H2,(H,20,21)/t12-,13+,14?. The summed E-state index contributed by atoms with van der Waals surface area (Å²) in [6.07, 6.45) is 7.04. The summed E-state index contributed by atoms with van der Waals surface area (Å²) in [6.45, 7) is -0.345. The van der Waals surface area contributed by atoms with Gasteiger partial charge in [0.1, 0.15) is 11.3 Å². The maximum Gasteiger partial charge on any atom is 0.309 e. The molecule has 2 bridgehead atoms. The van der Waals surface area contributed by atoms with Crippen LogP contribution in [0.3, 0.4) is 0 Å². The van der Waals surface area contributed by atoms with Gasteiger partial charge in [-0.3, -0.25) is 14.4 Å². The van der Waals surface area contributed by atoms with Crippen LogP contribution in [0.5, 0.6) is 0 Å². The summed E-state index contributed by atoms with van der Waals surface area (Å²) in [7, 11) is 0. The van der Waals surface area contributed by atoms with Crippen LogP contribution in [0, 0.1) is 29.1 Å². The maximum atomic E-state index is 12.2. The Morgan fingerprint density at radius 2 is 1.79 bits per heavy atom. The summed E-state index contributed by atoms with van der Waals surface area (Å²) < 4.78 is 5.17. The van der Waals surface area contributed by atoms with Crippen LogP contribution in [0.4, 0.5) is 0 Å². The van der Waals surface area contributed by atoms with Gasteiger partial charge >= 0.3 is 5.97 Å². The first-order chi connectivity index (χ1) is 11.5. The summed E-state index contributed by atoms with van der Waals surface area (Å²) in [5.74, 6) is -0.790. The summed E-state index contributed by atoms with van der Waals surface area (Å²) in [5, 5.41) is 12.0. The minimum atomic E-state index is -0.794. The molecule has 3 rings (SSSR count). The van der Waals surface area contributed by atoms with E-state index in [2.05, 4.69) is 11.4 Å². The van der Waals surface area contributed by atoms with Crippen LogP contribution in [-0.4, -0.2) is 29.8 Å². The number of amides is 1. The molecule has 3 aliphatic rings. The molecule has 3 aliphatic carbocycles. The number of hydrogen-bond acceptors (Lipinski definition) is 5. The fourth-order valence-corrected chi connectivity index (χ4v) is 4.47. The van der Waals surface area contributed by atoms with E-state index < -0.39 is 11.4 Å². The van der Waals surface area contributed by atoms with Crippen LogP contribution in [0.15, 0.2) is 0 Å². The average molecular weight is 332 g/mol. The van der Waals surface area contributed by atoms with Gasteiger partial charge in [-0.05, 0) is 51.4 Å². The molecule has 0 radical (unpaired) electrons. The van der Waals surface area contributed by atoms with Crippen molar-refractivity contribution in [3.63, 3.8) is 0 Å². The maximum absolute atomic E-state index is 12.2. The first kappa shape index (κ1) is 16.9. The molecule has 0 aromatic heterocycles. The summed E-state index contributed by atoms with van der Waals surface area (Å²) in [4.78, 5) is 36.3. The number of hydrogen-bond donors (Lipinski definition) is 1. The monoisotopic (exact) mass is 332 g/mol. The van der Waals surface area contributed by atoms with Gasteiger partial charge in [-0.1, -0.05) is 6.42 Å². The number of esters is 1. The SMILES string of the molecule is N#CC1(NC(=O)COC(=O)C2C[C@H]3CCC[C@@H](C2)C3=O)CCCC1. The number of carbonyl (C=O) groups is 3. The van der Waals surface area contributed by atoms with Crippen LogP contribution in [0.2, 0.25) is 0 Å². The molecule has 130 valence electrons. The first-order valence-electron chi connectivity index (χ1n) is 8.95. The van der Waals surface area contributed by atoms with Crippen LogP contribution in [-0.2, 0) is 19.1 Å². The van der Waals surface area contributed by atoms with Crippen molar-refractivity contribution in [2.45, 2.75) is 63.3 Å². The topological polar surface area (TPSA) is 96.3 Å². The third-order valence-corrected chi connectivity index (χ3v) is 5.78. The Morgan fingerprint density at radius 3 is 2.38 bits per heavy atom. The van der Waals surface area contributed by atoms with Crippen molar-refractivity contribution in [3.05, 3.63) is 0 Å². The van der Waals surface area contributed by atoms with Gasteiger partial charge in [0.2, 0.25) is 0 Å². The van der Waals surface area contributed by atoms with E-state index in [0.29, 0.717) is 31.5 Å². The Morgan fingerprint density at radius 1 is 1.17 bits per heavy atom. The molecule has 3 saturated carbocycles. The highest BCUT2D eigenvalue weighted by Crippen LogP contribution is 2.40. The number of ether oxygens (including phenoxy) is 1. The van der Waals surface area contributed by atoms with E-state index in [4.69, 9.17) is 4.74 Å². The molecule has 0 aromatic rings. The minimum absolute atomic E-state index is 0.00998. The van der Waals surface area contributed by atoms with Gasteiger partial charge in [-0.2, -0.15) is 5.26 Å². The zero-order valence-corrected chi connectivity index (χ0v) is 13.9. The quantitative estimate of drug-likeness (QED) is 0.793. The summed E-state index contributed by atoms with van der Waals surface area (Å²) in [5.41, 5.74) is -0.794. The number of fused-ring (bicyclic) bond motifs is 2. The van der Waals surface area contributed by atoms with Gasteiger partial charge in [-0.15, -0.1) is 0 Å². The molecule has 1 amide bonds.